The van der Waals surface area contributed by atoms with Crippen molar-refractivity contribution in [1.29, 1.82) is 0 Å². The Morgan fingerprint density at radius 3 is 2.52 bits per heavy atom. The van der Waals surface area contributed by atoms with Crippen molar-refractivity contribution in [2.75, 3.05) is 0 Å². The van der Waals surface area contributed by atoms with Crippen LogP contribution in [0.1, 0.15) is 26.3 Å². The highest BCUT2D eigenvalue weighted by molar-refractivity contribution is 7.99. The lowest BCUT2D eigenvalue weighted by molar-refractivity contribution is 0.424. The highest BCUT2D eigenvalue weighted by atomic mass is 35.5. The summed E-state index contributed by atoms with van der Waals surface area (Å²) in [4.78, 5) is 5.22. The lowest BCUT2D eigenvalue weighted by atomic mass is 10.1. The second-order valence-electron chi connectivity index (χ2n) is 5.76. The third-order valence-electron chi connectivity index (χ3n) is 2.75. The fourth-order valence-electron chi connectivity index (χ4n) is 1.65. The van der Waals surface area contributed by atoms with Gasteiger partial charge in [-0.15, -0.1) is 0 Å². The molecule has 0 radical (unpaired) electrons. The van der Waals surface area contributed by atoms with Gasteiger partial charge in [-0.05, 0) is 50.6 Å². The van der Waals surface area contributed by atoms with Crippen molar-refractivity contribution >= 4 is 35.0 Å². The molecule has 112 valence electrons. The van der Waals surface area contributed by atoms with Crippen molar-refractivity contribution in [3.05, 3.63) is 52.1 Å². The summed E-state index contributed by atoms with van der Waals surface area (Å²) >= 11 is 14.0. The quantitative estimate of drug-likeness (QED) is 0.803. The van der Waals surface area contributed by atoms with Gasteiger partial charge < -0.3 is 5.32 Å². The number of rotatable bonds is 4. The molecule has 0 fully saturated rings. The molecule has 21 heavy (non-hydrogen) atoms. The van der Waals surface area contributed by atoms with Crippen molar-refractivity contribution in [1.82, 2.24) is 10.3 Å². The molecule has 0 unspecified atom stereocenters. The van der Waals surface area contributed by atoms with Gasteiger partial charge in [-0.2, -0.15) is 0 Å². The Hall–Kier alpha value is -0.740. The van der Waals surface area contributed by atoms with E-state index in [1.54, 1.807) is 6.20 Å². The molecule has 1 aromatic heterocycles. The Kier molecular flexibility index (Phi) is 5.55. The van der Waals surface area contributed by atoms with Gasteiger partial charge in [0.1, 0.15) is 5.03 Å². The summed E-state index contributed by atoms with van der Waals surface area (Å²) in [5, 5.41) is 5.56. The lowest BCUT2D eigenvalue weighted by Crippen LogP contribution is -2.35. The van der Waals surface area contributed by atoms with Crippen molar-refractivity contribution < 1.29 is 0 Å². The monoisotopic (exact) mass is 340 g/mol. The summed E-state index contributed by atoms with van der Waals surface area (Å²) in [6, 6.07) is 9.71. The summed E-state index contributed by atoms with van der Waals surface area (Å²) < 4.78 is 0. The molecule has 5 heteroatoms. The lowest BCUT2D eigenvalue weighted by Gasteiger charge is -2.20. The minimum absolute atomic E-state index is 0.0847. The van der Waals surface area contributed by atoms with Crippen LogP contribution in [0.15, 0.2) is 46.5 Å². The van der Waals surface area contributed by atoms with Crippen molar-refractivity contribution in [3.8, 4) is 0 Å². The van der Waals surface area contributed by atoms with Crippen molar-refractivity contribution in [3.63, 3.8) is 0 Å². The molecular formula is C16H18Cl2N2S. The molecule has 0 aliphatic heterocycles. The van der Waals surface area contributed by atoms with Gasteiger partial charge >= 0.3 is 0 Å². The summed E-state index contributed by atoms with van der Waals surface area (Å²) in [5.41, 5.74) is 1.24. The summed E-state index contributed by atoms with van der Waals surface area (Å²) in [5.74, 6) is 0. The molecule has 0 aliphatic carbocycles. The van der Waals surface area contributed by atoms with Crippen LogP contribution in [0.4, 0.5) is 0 Å². The third-order valence-corrected chi connectivity index (χ3v) is 4.69. The first-order valence-electron chi connectivity index (χ1n) is 6.67. The number of hydrogen-bond acceptors (Lipinski definition) is 3. The van der Waals surface area contributed by atoms with Gasteiger partial charge in [-0.25, -0.2) is 4.98 Å². The molecule has 0 saturated heterocycles. The summed E-state index contributed by atoms with van der Waals surface area (Å²) in [6.07, 6.45) is 1.73. The highest BCUT2D eigenvalue weighted by Crippen LogP contribution is 2.35. The molecule has 1 N–H and O–H groups in total. The van der Waals surface area contributed by atoms with E-state index in [1.165, 1.54) is 11.8 Å². The van der Waals surface area contributed by atoms with Gasteiger partial charge in [0.15, 0.2) is 0 Å². The Balaban J connectivity index is 2.11. The SMILES string of the molecule is CC(C)(C)NCc1ccc(Sc2ncccc2Cl)c(Cl)c1. The molecule has 1 aromatic carbocycles. The van der Waals surface area contributed by atoms with E-state index in [0.717, 1.165) is 27.1 Å². The maximum Gasteiger partial charge on any atom is 0.119 e. The number of nitrogens with one attached hydrogen (secondary N) is 1. The van der Waals surface area contributed by atoms with E-state index in [4.69, 9.17) is 23.2 Å². The molecule has 2 nitrogen and oxygen atoms in total. The van der Waals surface area contributed by atoms with Crippen LogP contribution in [0, 0.1) is 0 Å². The third kappa shape index (κ3) is 5.19. The maximum absolute atomic E-state index is 6.36. The van der Waals surface area contributed by atoms with E-state index in [2.05, 4.69) is 37.1 Å². The van der Waals surface area contributed by atoms with E-state index < -0.39 is 0 Å². The second-order valence-corrected chi connectivity index (χ2v) is 7.61. The largest absolute Gasteiger partial charge is 0.308 e. The zero-order valence-electron chi connectivity index (χ0n) is 12.3. The van der Waals surface area contributed by atoms with E-state index >= 15 is 0 Å². The fourth-order valence-corrected chi connectivity index (χ4v) is 2.99. The molecule has 2 aromatic rings. The smallest absolute Gasteiger partial charge is 0.119 e. The van der Waals surface area contributed by atoms with Crippen LogP contribution in [-0.2, 0) is 6.54 Å². The van der Waals surface area contributed by atoms with Gasteiger partial charge in [0.2, 0.25) is 0 Å². The number of aromatic nitrogens is 1. The van der Waals surface area contributed by atoms with Crippen molar-refractivity contribution in [2.24, 2.45) is 0 Å². The first-order chi connectivity index (χ1) is 9.85. The second kappa shape index (κ2) is 7.01. The van der Waals surface area contributed by atoms with Gasteiger partial charge in [-0.1, -0.05) is 41.0 Å². The molecule has 0 atom stereocenters. The van der Waals surface area contributed by atoms with Crippen LogP contribution in [-0.4, -0.2) is 10.5 Å². The molecule has 0 amide bonds. The zero-order valence-corrected chi connectivity index (χ0v) is 14.6. The van der Waals surface area contributed by atoms with E-state index in [1.807, 2.05) is 24.3 Å². The van der Waals surface area contributed by atoms with Gasteiger partial charge in [0.05, 0.1) is 10.0 Å². The Labute approximate surface area is 140 Å². The average molecular weight is 341 g/mol. The number of nitrogens with zero attached hydrogens (tertiary/aromatic N) is 1. The first kappa shape index (κ1) is 16.6. The molecule has 0 aliphatic rings. The highest BCUT2D eigenvalue weighted by Gasteiger charge is 2.11. The Bertz CT molecular complexity index is 624. The topological polar surface area (TPSA) is 24.9 Å². The Morgan fingerprint density at radius 1 is 1.14 bits per heavy atom. The van der Waals surface area contributed by atoms with Crippen molar-refractivity contribution in [2.45, 2.75) is 42.8 Å². The maximum atomic E-state index is 6.36. The van der Waals surface area contributed by atoms with E-state index in [0.29, 0.717) is 5.02 Å². The fraction of sp³-hybridized carbons (Fsp3) is 0.312. The van der Waals surface area contributed by atoms with Gasteiger partial charge in [-0.3, -0.25) is 0 Å². The van der Waals surface area contributed by atoms with Crippen LogP contribution < -0.4 is 5.32 Å². The molecule has 2 rings (SSSR count). The standard InChI is InChI=1S/C16H18Cl2N2S/c1-16(2,3)20-10-11-6-7-14(13(18)9-11)21-15-12(17)5-4-8-19-15/h4-9,20H,10H2,1-3H3. The summed E-state index contributed by atoms with van der Waals surface area (Å²) in [6.45, 7) is 7.21. The first-order valence-corrected chi connectivity index (χ1v) is 8.24. The molecule has 0 bridgehead atoms. The number of halogens is 2. The van der Waals surface area contributed by atoms with Gasteiger partial charge in [0.25, 0.3) is 0 Å². The number of hydrogen-bond donors (Lipinski definition) is 1. The molecule has 1 heterocycles. The summed E-state index contributed by atoms with van der Waals surface area (Å²) in [7, 11) is 0. The molecule has 0 spiro atoms. The zero-order chi connectivity index (χ0) is 15.5. The molecular weight excluding hydrogens is 323 g/mol. The predicted molar refractivity (Wildman–Crippen MR) is 91.4 cm³/mol. The van der Waals surface area contributed by atoms with E-state index in [-0.39, 0.29) is 5.54 Å². The van der Waals surface area contributed by atoms with E-state index in [9.17, 15) is 0 Å². The number of benzene rings is 1. The van der Waals surface area contributed by atoms with Crippen LogP contribution >= 0.6 is 35.0 Å². The number of pyridine rings is 1. The molecule has 0 saturated carbocycles. The normalized spacial score (nSPS) is 11.7. The average Bonchev–Trinajstić information content (AvgIpc) is 2.41. The van der Waals surface area contributed by atoms with Crippen LogP contribution in [0.5, 0.6) is 0 Å². The minimum Gasteiger partial charge on any atom is -0.308 e. The van der Waals surface area contributed by atoms with Crippen LogP contribution in [0.25, 0.3) is 0 Å². The minimum atomic E-state index is 0.0847. The van der Waals surface area contributed by atoms with Gasteiger partial charge in [0, 0.05) is 23.2 Å². The van der Waals surface area contributed by atoms with Crippen LogP contribution in [0.2, 0.25) is 10.0 Å². The predicted octanol–water partition coefficient (Wildman–Crippen LogP) is 5.43. The van der Waals surface area contributed by atoms with Crippen LogP contribution in [0.3, 0.4) is 0 Å². The Morgan fingerprint density at radius 2 is 1.90 bits per heavy atom.